The second-order valence-corrected chi connectivity index (χ2v) is 3.57. The first-order chi connectivity index (χ1) is 5.61. The van der Waals surface area contributed by atoms with E-state index < -0.39 is 0 Å². The highest BCUT2D eigenvalue weighted by Crippen LogP contribution is 2.42. The molecule has 12 heavy (non-hydrogen) atoms. The number of hydrogen-bond donors (Lipinski definition) is 1. The summed E-state index contributed by atoms with van der Waals surface area (Å²) in [6, 6.07) is 0.475. The summed E-state index contributed by atoms with van der Waals surface area (Å²) < 4.78 is 0. The maximum absolute atomic E-state index is 10.9. The number of carbonyl (C=O) groups is 1. The summed E-state index contributed by atoms with van der Waals surface area (Å²) in [6.45, 7) is 6.40. The van der Waals surface area contributed by atoms with Crippen LogP contribution in [0.2, 0.25) is 0 Å². The number of hydrogen-bond acceptors (Lipinski definition) is 2. The van der Waals surface area contributed by atoms with Crippen molar-refractivity contribution >= 4 is 5.91 Å². The number of rotatable bonds is 0. The van der Waals surface area contributed by atoms with Gasteiger partial charge in [-0.1, -0.05) is 13.8 Å². The highest BCUT2D eigenvalue weighted by molar-refractivity contribution is 5.75. The fraction of sp³-hybridized carbons (Fsp3) is 0.889. The molecule has 0 aromatic rings. The van der Waals surface area contributed by atoms with Gasteiger partial charge < -0.3 is 10.6 Å². The van der Waals surface area contributed by atoms with Gasteiger partial charge in [0.15, 0.2) is 0 Å². The SMILES string of the molecule is CC.CC(=O)N1CC2(N)CC1C2. The zero-order valence-corrected chi connectivity index (χ0v) is 8.13. The van der Waals surface area contributed by atoms with Gasteiger partial charge in [-0.05, 0) is 12.8 Å². The predicted molar refractivity (Wildman–Crippen MR) is 48.7 cm³/mol. The van der Waals surface area contributed by atoms with Gasteiger partial charge in [-0.25, -0.2) is 0 Å². The van der Waals surface area contributed by atoms with Crippen molar-refractivity contribution in [2.45, 2.75) is 45.2 Å². The van der Waals surface area contributed by atoms with E-state index in [1.165, 1.54) is 0 Å². The van der Waals surface area contributed by atoms with Crippen molar-refractivity contribution in [2.75, 3.05) is 6.54 Å². The molecule has 2 saturated heterocycles. The molecule has 1 saturated carbocycles. The lowest BCUT2D eigenvalue weighted by molar-refractivity contribution is -0.128. The molecule has 0 unspecified atom stereocenters. The summed E-state index contributed by atoms with van der Waals surface area (Å²) in [5.74, 6) is 0.176. The van der Waals surface area contributed by atoms with Gasteiger partial charge in [0.1, 0.15) is 0 Å². The standard InChI is InChI=1S/C7H12N2O.C2H6/c1-5(10)9-4-7(8)2-6(9)3-7;1-2/h6H,2-4,8H2,1H3;1-2H3. The largest absolute Gasteiger partial charge is 0.338 e. The van der Waals surface area contributed by atoms with Gasteiger partial charge in [0.25, 0.3) is 0 Å². The van der Waals surface area contributed by atoms with Crippen LogP contribution in [-0.4, -0.2) is 28.9 Å². The van der Waals surface area contributed by atoms with Crippen LogP contribution in [0.15, 0.2) is 0 Å². The Morgan fingerprint density at radius 1 is 1.50 bits per heavy atom. The Balaban J connectivity index is 0.000000336. The minimum absolute atomic E-state index is 0.00363. The zero-order chi connectivity index (χ0) is 9.35. The van der Waals surface area contributed by atoms with Gasteiger partial charge in [0.2, 0.25) is 5.91 Å². The average molecular weight is 170 g/mol. The van der Waals surface area contributed by atoms with Crippen LogP contribution in [0.4, 0.5) is 0 Å². The van der Waals surface area contributed by atoms with E-state index in [-0.39, 0.29) is 11.4 Å². The smallest absolute Gasteiger partial charge is 0.219 e. The van der Waals surface area contributed by atoms with Gasteiger partial charge in [-0.15, -0.1) is 0 Å². The molecule has 2 N–H and O–H groups in total. The third-order valence-corrected chi connectivity index (χ3v) is 2.61. The number of amides is 1. The fourth-order valence-corrected chi connectivity index (χ4v) is 2.07. The van der Waals surface area contributed by atoms with Crippen LogP contribution in [0.25, 0.3) is 0 Å². The van der Waals surface area contributed by atoms with Crippen LogP contribution >= 0.6 is 0 Å². The first-order valence-corrected chi connectivity index (χ1v) is 4.67. The second kappa shape index (κ2) is 3.05. The summed E-state index contributed by atoms with van der Waals surface area (Å²) in [7, 11) is 0. The van der Waals surface area contributed by atoms with Crippen molar-refractivity contribution in [1.29, 1.82) is 0 Å². The van der Waals surface area contributed by atoms with Gasteiger partial charge >= 0.3 is 0 Å². The van der Waals surface area contributed by atoms with Crippen LogP contribution in [-0.2, 0) is 4.79 Å². The van der Waals surface area contributed by atoms with Crippen LogP contribution in [0.5, 0.6) is 0 Å². The molecule has 3 nitrogen and oxygen atoms in total. The molecule has 1 aliphatic carbocycles. The molecule has 0 atom stereocenters. The molecule has 3 fully saturated rings. The topological polar surface area (TPSA) is 46.3 Å². The van der Waals surface area contributed by atoms with Gasteiger partial charge in [0.05, 0.1) is 0 Å². The van der Waals surface area contributed by atoms with Gasteiger partial charge in [-0.2, -0.15) is 0 Å². The molecule has 3 rings (SSSR count). The molecule has 0 spiro atoms. The highest BCUT2D eigenvalue weighted by atomic mass is 16.2. The number of nitrogens with zero attached hydrogens (tertiary/aromatic N) is 1. The number of fused-ring (bicyclic) bond motifs is 1. The van der Waals surface area contributed by atoms with E-state index in [4.69, 9.17) is 5.73 Å². The van der Waals surface area contributed by atoms with Crippen molar-refractivity contribution in [1.82, 2.24) is 4.90 Å². The number of nitrogens with two attached hydrogens (primary N) is 1. The van der Waals surface area contributed by atoms with E-state index in [9.17, 15) is 4.79 Å². The normalized spacial score (nSPS) is 36.7. The maximum atomic E-state index is 10.9. The van der Waals surface area contributed by atoms with Crippen molar-refractivity contribution in [3.63, 3.8) is 0 Å². The summed E-state index contributed by atoms with van der Waals surface area (Å²) in [5, 5.41) is 0. The molecule has 2 heterocycles. The summed E-state index contributed by atoms with van der Waals surface area (Å²) >= 11 is 0. The highest BCUT2D eigenvalue weighted by Gasteiger charge is 2.53. The second-order valence-electron chi connectivity index (χ2n) is 3.57. The van der Waals surface area contributed by atoms with E-state index in [0.717, 1.165) is 19.4 Å². The Kier molecular flexibility index (Phi) is 2.42. The Hall–Kier alpha value is -0.570. The predicted octanol–water partition coefficient (Wildman–Crippen LogP) is 0.735. The van der Waals surface area contributed by atoms with E-state index in [0.29, 0.717) is 6.04 Å². The summed E-state index contributed by atoms with van der Waals surface area (Å²) in [4.78, 5) is 12.8. The molecular formula is C9H18N2O. The molecular weight excluding hydrogens is 152 g/mol. The molecule has 3 aliphatic rings. The molecule has 0 aromatic carbocycles. The minimum atomic E-state index is -0.00363. The van der Waals surface area contributed by atoms with E-state index >= 15 is 0 Å². The molecule has 2 aliphatic heterocycles. The summed E-state index contributed by atoms with van der Waals surface area (Å²) in [6.07, 6.45) is 2.04. The van der Waals surface area contributed by atoms with Crippen molar-refractivity contribution in [3.8, 4) is 0 Å². The Bertz CT molecular complexity index is 185. The third kappa shape index (κ3) is 1.33. The lowest BCUT2D eigenvalue weighted by atomic mass is 9.79. The van der Waals surface area contributed by atoms with Crippen LogP contribution < -0.4 is 5.73 Å². The maximum Gasteiger partial charge on any atom is 0.219 e. The van der Waals surface area contributed by atoms with Crippen LogP contribution in [0.3, 0.4) is 0 Å². The minimum Gasteiger partial charge on any atom is -0.338 e. The van der Waals surface area contributed by atoms with Crippen LogP contribution in [0.1, 0.15) is 33.6 Å². The van der Waals surface area contributed by atoms with Crippen LogP contribution in [0, 0.1) is 0 Å². The molecule has 0 aromatic heterocycles. The fourth-order valence-electron chi connectivity index (χ4n) is 2.07. The van der Waals surface area contributed by atoms with E-state index in [1.807, 2.05) is 18.7 Å². The van der Waals surface area contributed by atoms with Gasteiger partial charge in [0, 0.05) is 25.0 Å². The van der Waals surface area contributed by atoms with Crippen molar-refractivity contribution < 1.29 is 4.79 Å². The molecule has 70 valence electrons. The molecule has 0 radical (unpaired) electrons. The monoisotopic (exact) mass is 170 g/mol. The third-order valence-electron chi connectivity index (χ3n) is 2.61. The lowest BCUT2D eigenvalue weighted by Crippen LogP contribution is -2.48. The first kappa shape index (κ1) is 9.52. The van der Waals surface area contributed by atoms with Gasteiger partial charge in [-0.3, -0.25) is 4.79 Å². The molecule has 2 bridgehead atoms. The van der Waals surface area contributed by atoms with E-state index in [2.05, 4.69) is 0 Å². The van der Waals surface area contributed by atoms with Crippen molar-refractivity contribution in [3.05, 3.63) is 0 Å². The first-order valence-electron chi connectivity index (χ1n) is 4.67. The Labute approximate surface area is 73.9 Å². The Morgan fingerprint density at radius 3 is 2.17 bits per heavy atom. The summed E-state index contributed by atoms with van der Waals surface area (Å²) in [5.41, 5.74) is 5.87. The average Bonchev–Trinajstić information content (AvgIpc) is 2.45. The zero-order valence-electron chi connectivity index (χ0n) is 8.13. The lowest BCUT2D eigenvalue weighted by Gasteiger charge is -2.32. The quantitative estimate of drug-likeness (QED) is 0.582. The number of carbonyl (C=O) groups excluding carboxylic acids is 1. The van der Waals surface area contributed by atoms with E-state index in [1.54, 1.807) is 6.92 Å². The molecule has 1 amide bonds. The Morgan fingerprint density at radius 2 is 2.00 bits per heavy atom. The molecule has 3 heteroatoms. The van der Waals surface area contributed by atoms with Crippen molar-refractivity contribution in [2.24, 2.45) is 5.73 Å².